The van der Waals surface area contributed by atoms with Crippen LogP contribution in [0.4, 0.5) is 0 Å². The van der Waals surface area contributed by atoms with E-state index in [0.29, 0.717) is 24.4 Å². The minimum Gasteiger partial charge on any atom is -0.291 e. The molecule has 0 amide bonds. The summed E-state index contributed by atoms with van der Waals surface area (Å²) in [6.45, 7) is 0.486. The van der Waals surface area contributed by atoms with Crippen LogP contribution in [0.25, 0.3) is 0 Å². The average molecular weight is 378 g/mol. The van der Waals surface area contributed by atoms with E-state index >= 15 is 0 Å². The Morgan fingerprint density at radius 2 is 1.48 bits per heavy atom. The molecule has 0 N–H and O–H groups in total. The summed E-state index contributed by atoms with van der Waals surface area (Å²) in [6.07, 6.45) is 1.12. The van der Waals surface area contributed by atoms with Crippen LogP contribution in [0.15, 0.2) is 24.3 Å². The van der Waals surface area contributed by atoms with Crippen molar-refractivity contribution in [2.24, 2.45) is 0 Å². The third-order valence-electron chi connectivity index (χ3n) is 4.67. The highest BCUT2D eigenvalue weighted by molar-refractivity contribution is 7.92. The number of nitrogens with zero attached hydrogens (tertiary/aromatic N) is 1. The predicted molar refractivity (Wildman–Crippen MR) is 91.1 cm³/mol. The first kappa shape index (κ1) is 17.2. The highest BCUT2D eigenvalue weighted by Gasteiger charge is 2.40. The van der Waals surface area contributed by atoms with E-state index in [4.69, 9.17) is 11.6 Å². The summed E-state index contributed by atoms with van der Waals surface area (Å²) in [5.74, 6) is 0.564. The van der Waals surface area contributed by atoms with Crippen LogP contribution >= 0.6 is 11.6 Å². The first-order chi connectivity index (χ1) is 10.8. The summed E-state index contributed by atoms with van der Waals surface area (Å²) in [5, 5.41) is 0.624. The normalized spacial score (nSPS) is 29.1. The van der Waals surface area contributed by atoms with Gasteiger partial charge in [-0.25, -0.2) is 16.8 Å². The first-order valence-corrected chi connectivity index (χ1v) is 11.7. The van der Waals surface area contributed by atoms with Crippen LogP contribution < -0.4 is 0 Å². The van der Waals surface area contributed by atoms with Crippen LogP contribution in [0.1, 0.15) is 18.4 Å². The molecular formula is C15H20ClNO4S2. The maximum absolute atomic E-state index is 11.8. The zero-order valence-corrected chi connectivity index (χ0v) is 15.1. The number of hydrogen-bond donors (Lipinski definition) is 0. The Bertz CT molecular complexity index is 747. The molecule has 2 aliphatic rings. The van der Waals surface area contributed by atoms with E-state index in [9.17, 15) is 16.8 Å². The van der Waals surface area contributed by atoms with Gasteiger partial charge in [-0.3, -0.25) is 4.90 Å². The van der Waals surface area contributed by atoms with Crippen molar-refractivity contribution >= 4 is 31.3 Å². The topological polar surface area (TPSA) is 71.5 Å². The summed E-state index contributed by atoms with van der Waals surface area (Å²) < 4.78 is 47.3. The largest absolute Gasteiger partial charge is 0.291 e. The van der Waals surface area contributed by atoms with E-state index < -0.39 is 19.7 Å². The summed E-state index contributed by atoms with van der Waals surface area (Å²) in [4.78, 5) is 2.05. The lowest BCUT2D eigenvalue weighted by Crippen LogP contribution is -2.44. The minimum absolute atomic E-state index is 0.105. The smallest absolute Gasteiger partial charge is 0.151 e. The predicted octanol–water partition coefficient (Wildman–Crippen LogP) is 1.52. The lowest BCUT2D eigenvalue weighted by Gasteiger charge is -2.33. The van der Waals surface area contributed by atoms with E-state index in [1.807, 2.05) is 18.2 Å². The van der Waals surface area contributed by atoms with E-state index in [0.717, 1.165) is 5.56 Å². The molecule has 0 spiro atoms. The molecule has 0 radical (unpaired) electrons. The fourth-order valence-electron chi connectivity index (χ4n) is 3.45. The molecule has 3 rings (SSSR count). The Hall–Kier alpha value is -0.630. The van der Waals surface area contributed by atoms with Gasteiger partial charge in [0.25, 0.3) is 0 Å². The van der Waals surface area contributed by atoms with Gasteiger partial charge >= 0.3 is 0 Å². The molecule has 0 unspecified atom stereocenters. The minimum atomic E-state index is -3.03. The van der Waals surface area contributed by atoms with Gasteiger partial charge in [0.15, 0.2) is 19.7 Å². The molecule has 8 heteroatoms. The van der Waals surface area contributed by atoms with Gasteiger partial charge in [-0.1, -0.05) is 29.8 Å². The maximum Gasteiger partial charge on any atom is 0.151 e. The fraction of sp³-hybridized carbons (Fsp3) is 0.600. The third-order valence-corrected chi connectivity index (χ3v) is 8.54. The van der Waals surface area contributed by atoms with Crippen LogP contribution in [0.2, 0.25) is 5.02 Å². The van der Waals surface area contributed by atoms with Gasteiger partial charge in [0.2, 0.25) is 0 Å². The summed E-state index contributed by atoms with van der Waals surface area (Å²) in [7, 11) is -6.05. The Labute approximate surface area is 142 Å². The highest BCUT2D eigenvalue weighted by Crippen LogP contribution is 2.29. The average Bonchev–Trinajstić information content (AvgIpc) is 3.00. The molecule has 23 heavy (non-hydrogen) atoms. The second kappa shape index (κ2) is 6.35. The number of benzene rings is 1. The van der Waals surface area contributed by atoms with Gasteiger partial charge in [0, 0.05) is 23.7 Å². The summed E-state index contributed by atoms with van der Waals surface area (Å²) in [6, 6.07) is 7.17. The molecule has 1 aromatic rings. The van der Waals surface area contributed by atoms with E-state index in [1.165, 1.54) is 0 Å². The fourth-order valence-corrected chi connectivity index (χ4v) is 7.13. The molecule has 0 saturated carbocycles. The van der Waals surface area contributed by atoms with Crippen molar-refractivity contribution < 1.29 is 16.8 Å². The lowest BCUT2D eigenvalue weighted by atomic mass is 10.1. The number of hydrogen-bond acceptors (Lipinski definition) is 5. The Morgan fingerprint density at radius 3 is 1.91 bits per heavy atom. The van der Waals surface area contributed by atoms with Crippen molar-refractivity contribution in [2.75, 3.05) is 23.0 Å². The molecule has 2 heterocycles. The van der Waals surface area contributed by atoms with Gasteiger partial charge in [-0.2, -0.15) is 0 Å². The molecule has 5 nitrogen and oxygen atoms in total. The van der Waals surface area contributed by atoms with E-state index in [1.54, 1.807) is 6.07 Å². The van der Waals surface area contributed by atoms with Crippen LogP contribution in [0.5, 0.6) is 0 Å². The van der Waals surface area contributed by atoms with Crippen LogP contribution in [-0.2, 0) is 26.2 Å². The van der Waals surface area contributed by atoms with Crippen molar-refractivity contribution in [1.29, 1.82) is 0 Å². The van der Waals surface area contributed by atoms with Crippen molar-refractivity contribution in [3.63, 3.8) is 0 Å². The summed E-state index contributed by atoms with van der Waals surface area (Å²) in [5.41, 5.74) is 0.905. The Kier molecular flexibility index (Phi) is 4.75. The van der Waals surface area contributed by atoms with Gasteiger partial charge < -0.3 is 0 Å². The molecule has 1 aromatic carbocycles. The van der Waals surface area contributed by atoms with Gasteiger partial charge in [-0.05, 0) is 24.5 Å². The second-order valence-corrected chi connectivity index (χ2v) is 11.2. The molecule has 0 aromatic heterocycles. The van der Waals surface area contributed by atoms with Crippen molar-refractivity contribution in [1.82, 2.24) is 4.90 Å². The quantitative estimate of drug-likeness (QED) is 0.795. The molecule has 2 atom stereocenters. The molecule has 2 saturated heterocycles. The van der Waals surface area contributed by atoms with E-state index in [-0.39, 0.29) is 35.1 Å². The van der Waals surface area contributed by atoms with Crippen molar-refractivity contribution in [3.8, 4) is 0 Å². The Morgan fingerprint density at radius 1 is 0.957 bits per heavy atom. The molecule has 128 valence electrons. The van der Waals surface area contributed by atoms with Crippen LogP contribution in [0, 0.1) is 0 Å². The summed E-state index contributed by atoms with van der Waals surface area (Å²) >= 11 is 6.23. The zero-order chi connectivity index (χ0) is 16.7. The van der Waals surface area contributed by atoms with Crippen LogP contribution in [0.3, 0.4) is 0 Å². The Balaban J connectivity index is 1.86. The molecule has 2 fully saturated rings. The third kappa shape index (κ3) is 4.07. The second-order valence-electron chi connectivity index (χ2n) is 6.38. The maximum atomic E-state index is 11.8. The lowest BCUT2D eigenvalue weighted by molar-refractivity contribution is 0.150. The van der Waals surface area contributed by atoms with Gasteiger partial charge in [-0.15, -0.1) is 0 Å². The molecule has 0 bridgehead atoms. The van der Waals surface area contributed by atoms with Gasteiger partial charge in [0.05, 0.1) is 23.0 Å². The van der Waals surface area contributed by atoms with Crippen molar-refractivity contribution in [2.45, 2.75) is 31.5 Å². The number of halogens is 1. The van der Waals surface area contributed by atoms with Crippen LogP contribution in [-0.4, -0.2) is 56.8 Å². The SMILES string of the molecule is O=S1(=O)CC[C@@H](N(Cc2ccccc2Cl)[C@@H]2CCS(=O)(=O)C2)C1. The highest BCUT2D eigenvalue weighted by atomic mass is 35.5. The molecule has 2 aliphatic heterocycles. The monoisotopic (exact) mass is 377 g/mol. The first-order valence-electron chi connectivity index (χ1n) is 7.66. The zero-order valence-electron chi connectivity index (χ0n) is 12.7. The molecular weight excluding hydrogens is 358 g/mol. The van der Waals surface area contributed by atoms with Gasteiger partial charge in [0.1, 0.15) is 0 Å². The number of rotatable bonds is 4. The standard InChI is InChI=1S/C15H20ClNO4S2/c16-15-4-2-1-3-12(15)9-17(13-5-7-22(18,19)10-13)14-6-8-23(20,21)11-14/h1-4,13-14H,5-11H2/t13-,14-/m1/s1. The van der Waals surface area contributed by atoms with E-state index in [2.05, 4.69) is 4.90 Å². The number of sulfone groups is 2. The van der Waals surface area contributed by atoms with Crippen molar-refractivity contribution in [3.05, 3.63) is 34.9 Å². The molecule has 0 aliphatic carbocycles.